The summed E-state index contributed by atoms with van der Waals surface area (Å²) < 4.78 is 55.6. The maximum atomic E-state index is 14.6. The maximum Gasteiger partial charge on any atom is 0.573 e. The molecule has 0 spiro atoms. The van der Waals surface area contributed by atoms with E-state index in [0.29, 0.717) is 31.7 Å². The molecule has 1 saturated heterocycles. The van der Waals surface area contributed by atoms with Crippen molar-refractivity contribution in [1.29, 1.82) is 0 Å². The summed E-state index contributed by atoms with van der Waals surface area (Å²) in [6, 6.07) is 7.71. The Bertz CT molecular complexity index is 848. The Labute approximate surface area is 182 Å². The van der Waals surface area contributed by atoms with Gasteiger partial charge in [0.1, 0.15) is 11.6 Å². The van der Waals surface area contributed by atoms with E-state index in [4.69, 9.17) is 0 Å². The van der Waals surface area contributed by atoms with E-state index in [0.717, 1.165) is 24.3 Å². The van der Waals surface area contributed by atoms with Crippen LogP contribution in [0.1, 0.15) is 17.2 Å². The molecule has 2 aromatic carbocycles. The molecule has 1 heterocycles. The fourth-order valence-electron chi connectivity index (χ4n) is 3.23. The van der Waals surface area contributed by atoms with E-state index in [9.17, 15) is 27.7 Å². The zero-order valence-electron chi connectivity index (χ0n) is 15.4. The zero-order chi connectivity index (χ0) is 20.3. The molecular formula is C18H19Cl2F4N3O3. The Kier molecular flexibility index (Phi) is 9.29. The lowest BCUT2D eigenvalue weighted by Crippen LogP contribution is -2.45. The van der Waals surface area contributed by atoms with E-state index in [1.165, 1.54) is 18.2 Å². The highest BCUT2D eigenvalue weighted by molar-refractivity contribution is 5.85. The second-order valence-corrected chi connectivity index (χ2v) is 6.27. The third-order valence-corrected chi connectivity index (χ3v) is 4.43. The van der Waals surface area contributed by atoms with E-state index < -0.39 is 28.9 Å². The van der Waals surface area contributed by atoms with E-state index in [2.05, 4.69) is 10.1 Å². The van der Waals surface area contributed by atoms with Gasteiger partial charge in [0.2, 0.25) is 0 Å². The van der Waals surface area contributed by atoms with Crippen molar-refractivity contribution < 1.29 is 27.2 Å². The van der Waals surface area contributed by atoms with E-state index in [1.54, 1.807) is 0 Å². The molecule has 3 rings (SSSR count). The van der Waals surface area contributed by atoms with Gasteiger partial charge >= 0.3 is 6.36 Å². The van der Waals surface area contributed by atoms with Gasteiger partial charge in [-0.25, -0.2) is 4.39 Å². The van der Waals surface area contributed by atoms with Gasteiger partial charge in [-0.15, -0.1) is 38.0 Å². The predicted octanol–water partition coefficient (Wildman–Crippen LogP) is 4.47. The van der Waals surface area contributed by atoms with E-state index in [-0.39, 0.29) is 36.1 Å². The van der Waals surface area contributed by atoms with Crippen molar-refractivity contribution in [2.45, 2.75) is 12.4 Å². The number of hydrogen-bond donors (Lipinski definition) is 1. The molecule has 0 saturated carbocycles. The second-order valence-electron chi connectivity index (χ2n) is 6.27. The van der Waals surface area contributed by atoms with Gasteiger partial charge in [0, 0.05) is 43.9 Å². The van der Waals surface area contributed by atoms with Crippen LogP contribution in [0.4, 0.5) is 23.2 Å². The Morgan fingerprint density at radius 2 is 1.67 bits per heavy atom. The van der Waals surface area contributed by atoms with Crippen LogP contribution in [0.25, 0.3) is 0 Å². The zero-order valence-corrected chi connectivity index (χ0v) is 17.0. The van der Waals surface area contributed by atoms with Crippen molar-refractivity contribution in [3.63, 3.8) is 0 Å². The molecule has 2 aromatic rings. The van der Waals surface area contributed by atoms with Crippen molar-refractivity contribution in [3.8, 4) is 5.75 Å². The number of piperazine rings is 1. The van der Waals surface area contributed by atoms with E-state index in [1.807, 2.05) is 4.90 Å². The molecular weight excluding hydrogens is 453 g/mol. The van der Waals surface area contributed by atoms with Gasteiger partial charge in [0.05, 0.1) is 11.0 Å². The third kappa shape index (κ3) is 6.43. The summed E-state index contributed by atoms with van der Waals surface area (Å²) in [5.41, 5.74) is 0.352. The van der Waals surface area contributed by atoms with Crippen molar-refractivity contribution in [2.24, 2.45) is 0 Å². The number of benzene rings is 2. The fourth-order valence-corrected chi connectivity index (χ4v) is 3.23. The molecule has 1 aliphatic heterocycles. The molecule has 1 N–H and O–H groups in total. The van der Waals surface area contributed by atoms with Crippen LogP contribution in [0.3, 0.4) is 0 Å². The van der Waals surface area contributed by atoms with Gasteiger partial charge in [0.25, 0.3) is 5.69 Å². The van der Waals surface area contributed by atoms with Crippen LogP contribution in [0.2, 0.25) is 0 Å². The van der Waals surface area contributed by atoms with Gasteiger partial charge in [-0.3, -0.25) is 15.0 Å². The molecule has 0 radical (unpaired) electrons. The first-order chi connectivity index (χ1) is 13.2. The number of nitro groups is 1. The number of nitrogens with zero attached hydrogens (tertiary/aromatic N) is 2. The molecule has 30 heavy (non-hydrogen) atoms. The van der Waals surface area contributed by atoms with Gasteiger partial charge < -0.3 is 10.1 Å². The molecule has 0 bridgehead atoms. The number of ether oxygens (including phenoxy) is 1. The number of nitro benzene ring substituents is 1. The Morgan fingerprint density at radius 3 is 2.20 bits per heavy atom. The summed E-state index contributed by atoms with van der Waals surface area (Å²) in [7, 11) is 0. The summed E-state index contributed by atoms with van der Waals surface area (Å²) in [6.07, 6.45) is -4.81. The quantitative estimate of drug-likeness (QED) is 0.395. The Morgan fingerprint density at radius 1 is 1.07 bits per heavy atom. The lowest BCUT2D eigenvalue weighted by Gasteiger charge is -2.35. The first-order valence-electron chi connectivity index (χ1n) is 8.49. The maximum absolute atomic E-state index is 14.6. The molecule has 0 aromatic heterocycles. The Balaban J connectivity index is 0.00000225. The molecule has 6 nitrogen and oxygen atoms in total. The van der Waals surface area contributed by atoms with Crippen LogP contribution in [0, 0.1) is 15.9 Å². The van der Waals surface area contributed by atoms with Crippen molar-refractivity contribution in [1.82, 2.24) is 10.2 Å². The summed E-state index contributed by atoms with van der Waals surface area (Å²) >= 11 is 0. The molecule has 1 aliphatic rings. The van der Waals surface area contributed by atoms with Crippen LogP contribution in [-0.4, -0.2) is 42.4 Å². The molecule has 1 fully saturated rings. The average molecular weight is 472 g/mol. The molecule has 12 heteroatoms. The van der Waals surface area contributed by atoms with Gasteiger partial charge in [-0.05, 0) is 23.8 Å². The number of rotatable bonds is 5. The minimum absolute atomic E-state index is 0. The average Bonchev–Trinajstić information content (AvgIpc) is 2.64. The smallest absolute Gasteiger partial charge is 0.406 e. The minimum Gasteiger partial charge on any atom is -0.406 e. The number of hydrogen-bond acceptors (Lipinski definition) is 5. The lowest BCUT2D eigenvalue weighted by atomic mass is 9.95. The number of halogens is 6. The summed E-state index contributed by atoms with van der Waals surface area (Å²) in [6.45, 7) is 2.38. The van der Waals surface area contributed by atoms with Crippen LogP contribution < -0.4 is 10.1 Å². The first-order valence-corrected chi connectivity index (χ1v) is 8.49. The number of nitrogens with one attached hydrogen (secondary N) is 1. The molecule has 0 aliphatic carbocycles. The van der Waals surface area contributed by atoms with Crippen LogP contribution >= 0.6 is 24.8 Å². The molecule has 0 amide bonds. The fraction of sp³-hybridized carbons (Fsp3) is 0.333. The first kappa shape index (κ1) is 25.9. The van der Waals surface area contributed by atoms with Gasteiger partial charge in [-0.2, -0.15) is 0 Å². The van der Waals surface area contributed by atoms with Crippen molar-refractivity contribution in [2.75, 3.05) is 26.2 Å². The third-order valence-electron chi connectivity index (χ3n) is 4.43. The number of non-ortho nitro benzene ring substituents is 1. The van der Waals surface area contributed by atoms with Gasteiger partial charge in [0.15, 0.2) is 0 Å². The highest BCUT2D eigenvalue weighted by atomic mass is 35.5. The highest BCUT2D eigenvalue weighted by Gasteiger charge is 2.32. The van der Waals surface area contributed by atoms with E-state index >= 15 is 0 Å². The Hall–Kier alpha value is -2.14. The van der Waals surface area contributed by atoms with Crippen LogP contribution in [0.5, 0.6) is 5.75 Å². The second kappa shape index (κ2) is 10.8. The summed E-state index contributed by atoms with van der Waals surface area (Å²) in [4.78, 5) is 12.4. The van der Waals surface area contributed by atoms with Crippen molar-refractivity contribution in [3.05, 3.63) is 69.5 Å². The van der Waals surface area contributed by atoms with Crippen LogP contribution in [-0.2, 0) is 0 Å². The van der Waals surface area contributed by atoms with Gasteiger partial charge in [-0.1, -0.05) is 12.1 Å². The SMILES string of the molecule is Cl.Cl.O=[N+]([O-])c1ccc(F)c([C@H](c2ccc(OC(F)(F)F)cc2)N2CCNCC2)c1. The monoisotopic (exact) mass is 471 g/mol. The largest absolute Gasteiger partial charge is 0.573 e. The molecule has 0 unspecified atom stereocenters. The number of alkyl halides is 3. The summed E-state index contributed by atoms with van der Waals surface area (Å²) in [5, 5.41) is 14.3. The standard InChI is InChI=1S/C18H17F4N3O3.2ClH/c19-16-6-3-13(25(26)27)11-15(16)17(24-9-7-23-8-10-24)12-1-4-14(5-2-12)28-18(20,21)22;;/h1-6,11,17,23H,7-10H2;2*1H/t17-;;/m0../s1. The van der Waals surface area contributed by atoms with Crippen molar-refractivity contribution >= 4 is 30.5 Å². The lowest BCUT2D eigenvalue weighted by molar-refractivity contribution is -0.385. The topological polar surface area (TPSA) is 67.6 Å². The normalized spacial score (nSPS) is 15.5. The highest BCUT2D eigenvalue weighted by Crippen LogP contribution is 2.34. The summed E-state index contributed by atoms with van der Waals surface area (Å²) in [5.74, 6) is -1.01. The molecule has 1 atom stereocenters. The van der Waals surface area contributed by atoms with Crippen LogP contribution in [0.15, 0.2) is 42.5 Å². The molecule has 166 valence electrons. The predicted molar refractivity (Wildman–Crippen MR) is 107 cm³/mol. The minimum atomic E-state index is -4.81.